The van der Waals surface area contributed by atoms with Crippen molar-refractivity contribution in [3.63, 3.8) is 0 Å². The number of carbonyl (C=O) groups excluding carboxylic acids is 2. The van der Waals surface area contributed by atoms with Gasteiger partial charge in [-0.1, -0.05) is 72.8 Å². The highest BCUT2D eigenvalue weighted by Gasteiger charge is 2.43. The molecule has 2 bridgehead atoms. The molecule has 1 aliphatic carbocycles. The molecule has 17 nitrogen and oxygen atoms in total. The van der Waals surface area contributed by atoms with E-state index in [4.69, 9.17) is 25.7 Å². The van der Waals surface area contributed by atoms with Crippen LogP contribution in [0.3, 0.4) is 0 Å². The van der Waals surface area contributed by atoms with E-state index in [2.05, 4.69) is 37.0 Å². The zero-order valence-electron chi connectivity index (χ0n) is 45.3. The summed E-state index contributed by atoms with van der Waals surface area (Å²) in [6.45, 7) is 5.80. The molecule has 20 heteroatoms. The number of anilines is 2. The molecule has 1 saturated carbocycles. The Morgan fingerprint density at radius 1 is 1.00 bits per heavy atom. The van der Waals surface area contributed by atoms with Crippen LogP contribution >= 0.6 is 0 Å². The highest BCUT2D eigenvalue weighted by molar-refractivity contribution is 6.05. The largest absolute Gasteiger partial charge is 0.486 e. The van der Waals surface area contributed by atoms with Gasteiger partial charge in [-0.05, 0) is 116 Å². The van der Waals surface area contributed by atoms with Gasteiger partial charge in [-0.15, -0.1) is 5.10 Å². The first-order valence-corrected chi connectivity index (χ1v) is 28.1. The third-order valence-corrected chi connectivity index (χ3v) is 17.3. The molecule has 3 unspecified atom stereocenters. The molecule has 81 heavy (non-hydrogen) atoms. The van der Waals surface area contributed by atoms with E-state index in [1.54, 1.807) is 47.0 Å². The molecule has 4 aliphatic heterocycles. The zero-order chi connectivity index (χ0) is 56.2. The molecule has 4 saturated heterocycles. The Labute approximate surface area is 466 Å². The lowest BCUT2D eigenvalue weighted by molar-refractivity contribution is -0.143. The third-order valence-electron chi connectivity index (χ3n) is 17.3. The number of nitrogens with one attached hydrogen (secondary N) is 3. The number of piperazine rings is 1. The number of ether oxygens (including phenoxy) is 2. The van der Waals surface area contributed by atoms with Crippen molar-refractivity contribution in [3.8, 4) is 39.3 Å². The van der Waals surface area contributed by atoms with Gasteiger partial charge in [0, 0.05) is 71.7 Å². The first-order chi connectivity index (χ1) is 39.3. The quantitative estimate of drug-likeness (QED) is 0.0356. The minimum atomic E-state index is -0.973. The molecule has 422 valence electrons. The van der Waals surface area contributed by atoms with Crippen molar-refractivity contribution in [2.45, 2.75) is 120 Å². The number of aliphatic hydroxyl groups excluding tert-OH is 2. The maximum atomic E-state index is 15.8. The van der Waals surface area contributed by atoms with E-state index in [1.165, 1.54) is 24.4 Å². The molecule has 9 N–H and O–H groups in total. The average molecular weight is 1110 g/mol. The van der Waals surface area contributed by atoms with Crippen molar-refractivity contribution in [1.82, 2.24) is 40.7 Å². The molecule has 0 spiro atoms. The summed E-state index contributed by atoms with van der Waals surface area (Å²) >= 11 is 0. The summed E-state index contributed by atoms with van der Waals surface area (Å²) in [7, 11) is 0. The van der Waals surface area contributed by atoms with Gasteiger partial charge in [-0.25, -0.2) is 17.9 Å². The normalized spacial score (nSPS) is 21.8. The number of carbonyl (C=O) groups is 2. The topological polar surface area (TPSA) is 235 Å². The summed E-state index contributed by atoms with van der Waals surface area (Å²) < 4.78 is 59.0. The monoisotopic (exact) mass is 1110 g/mol. The highest BCUT2D eigenvalue weighted by atomic mass is 19.2. The van der Waals surface area contributed by atoms with Gasteiger partial charge in [0.1, 0.15) is 35.7 Å². The number of benzene rings is 5. The summed E-state index contributed by atoms with van der Waals surface area (Å²) in [5.41, 5.74) is 13.8. The second-order valence-electron chi connectivity index (χ2n) is 22.6. The maximum absolute atomic E-state index is 15.8. The number of likely N-dealkylation sites (tertiary alicyclic amines) is 1. The minimum Gasteiger partial charge on any atom is -0.486 e. The molecule has 12 rings (SSSR count). The first kappa shape index (κ1) is 54.0. The van der Waals surface area contributed by atoms with Crippen molar-refractivity contribution >= 4 is 40.4 Å². The zero-order valence-corrected chi connectivity index (χ0v) is 45.3. The number of hydrogen-bond donors (Lipinski definition) is 7. The Hall–Kier alpha value is -7.65. The molecular weight excluding hydrogens is 1040 g/mol. The minimum absolute atomic E-state index is 0.0837. The third kappa shape index (κ3) is 10.4. The average Bonchev–Trinajstić information content (AvgIpc) is 3.78. The van der Waals surface area contributed by atoms with Crippen LogP contribution in [-0.4, -0.2) is 122 Å². The van der Waals surface area contributed by atoms with E-state index in [9.17, 15) is 23.8 Å². The lowest BCUT2D eigenvalue weighted by atomic mass is 9.87. The van der Waals surface area contributed by atoms with Gasteiger partial charge in [-0.2, -0.15) is 5.10 Å². The fourth-order valence-electron chi connectivity index (χ4n) is 12.8. The van der Waals surface area contributed by atoms with E-state index in [-0.39, 0.29) is 41.7 Å². The van der Waals surface area contributed by atoms with Gasteiger partial charge in [0.15, 0.2) is 29.4 Å². The van der Waals surface area contributed by atoms with Crippen LogP contribution in [0.4, 0.5) is 24.7 Å². The van der Waals surface area contributed by atoms with Crippen LogP contribution in [-0.2, 0) is 20.9 Å². The van der Waals surface area contributed by atoms with E-state index in [1.807, 2.05) is 31.2 Å². The van der Waals surface area contributed by atoms with Gasteiger partial charge >= 0.3 is 0 Å². The predicted octanol–water partition coefficient (Wildman–Crippen LogP) is 6.60. The van der Waals surface area contributed by atoms with Gasteiger partial charge in [-0.3, -0.25) is 20.1 Å². The standard InChI is InChI=1S/C61H66F3N11O6/c1-32(21-42-23-41(77)18-20-80-42)57(61(79)73-19-4-7-52(73)60(78)68-51(30-76)38-16-14-35(15-17-38)43-5-3-6-47(62)55(43)64)75-29-50(69-72-75)37-10-8-34(9-11-37)31-81-58-54(53-33(2)48(63)25-49(66)46(53)26-65)44(36-12-13-36)24-45-56(58)70-71-59(45)74-28-39-22-40(74)27-67-39/h3,5-6,8-11,14-17,24-26,29,32,36,39-42,51-52,57,65,67,76-77H,4,7,12-13,18-23,27-28,30-31,66H2,1-2H3,(H,68,78)(H,70,71)/p+1/t32?,39-,40-,41?,42?,51-,52-,57-/m0/s1. The highest BCUT2D eigenvalue weighted by Crippen LogP contribution is 2.53. The van der Waals surface area contributed by atoms with Crippen LogP contribution in [0.5, 0.6) is 5.75 Å². The molecule has 2 amide bonds. The van der Waals surface area contributed by atoms with Crippen LogP contribution in [0, 0.1) is 30.3 Å². The van der Waals surface area contributed by atoms with Crippen LogP contribution in [0.1, 0.15) is 104 Å². The predicted molar refractivity (Wildman–Crippen MR) is 299 cm³/mol. The number of rotatable bonds is 18. The molecule has 5 aliphatic rings. The Balaban J connectivity index is 0.805. The second kappa shape index (κ2) is 22.4. The smallest absolute Gasteiger partial charge is 0.248 e. The second-order valence-corrected chi connectivity index (χ2v) is 22.6. The Bertz CT molecular complexity index is 3520. The summed E-state index contributed by atoms with van der Waals surface area (Å²) in [6, 6.07) is 19.8. The fraction of sp³-hybridized carbons (Fsp3) is 0.410. The first-order valence-electron chi connectivity index (χ1n) is 28.1. The number of nitrogens with two attached hydrogens (primary N) is 2. The molecular formula is C61H67F3N11O6+. The lowest BCUT2D eigenvalue weighted by Gasteiger charge is -2.34. The van der Waals surface area contributed by atoms with E-state index < -0.39 is 54.2 Å². The summed E-state index contributed by atoms with van der Waals surface area (Å²) in [5.74, 6) is -1.91. The van der Waals surface area contributed by atoms with E-state index >= 15 is 9.18 Å². The van der Waals surface area contributed by atoms with Crippen molar-refractivity contribution < 1.29 is 47.9 Å². The number of nitrogens with zero attached hydrogens (tertiary/aromatic N) is 6. The molecule has 6 heterocycles. The number of halogens is 3. The number of H-pyrrole nitrogens is 1. The molecule has 8 atom stereocenters. The van der Waals surface area contributed by atoms with Crippen LogP contribution < -0.4 is 31.4 Å². The van der Waals surface area contributed by atoms with Crippen molar-refractivity contribution in [2.24, 2.45) is 5.92 Å². The van der Waals surface area contributed by atoms with Gasteiger partial charge in [0.2, 0.25) is 11.8 Å². The van der Waals surface area contributed by atoms with Gasteiger partial charge in [0.05, 0.1) is 36.6 Å². The summed E-state index contributed by atoms with van der Waals surface area (Å²) in [5, 5.41) is 52.2. The number of hydrogen-bond acceptors (Lipinski definition) is 12. The number of amides is 2. The molecule has 2 aromatic heterocycles. The number of aromatic amines is 1. The molecule has 5 fully saturated rings. The Kier molecular flexibility index (Phi) is 14.9. The molecule has 0 radical (unpaired) electrons. The fourth-order valence-corrected chi connectivity index (χ4v) is 12.8. The van der Waals surface area contributed by atoms with E-state index in [0.717, 1.165) is 71.9 Å². The molecule has 5 aromatic carbocycles. The van der Waals surface area contributed by atoms with Crippen LogP contribution in [0.15, 0.2) is 85.1 Å². The summed E-state index contributed by atoms with van der Waals surface area (Å²) in [6.07, 6.45) is 7.65. The van der Waals surface area contributed by atoms with Crippen molar-refractivity contribution in [2.75, 3.05) is 43.5 Å². The molecule has 7 aromatic rings. The van der Waals surface area contributed by atoms with E-state index in [0.29, 0.717) is 102 Å². The Morgan fingerprint density at radius 3 is 2.51 bits per heavy atom. The van der Waals surface area contributed by atoms with Crippen molar-refractivity contribution in [1.29, 1.82) is 0 Å². The number of nitrogen functional groups attached to an aromatic ring is 1. The number of aliphatic hydroxyl groups is 2. The van der Waals surface area contributed by atoms with Crippen LogP contribution in [0.25, 0.3) is 44.4 Å². The van der Waals surface area contributed by atoms with Gasteiger partial charge in [0.25, 0.3) is 0 Å². The Morgan fingerprint density at radius 2 is 1.79 bits per heavy atom. The summed E-state index contributed by atoms with van der Waals surface area (Å²) in [4.78, 5) is 33.2. The number of fused-ring (bicyclic) bond motifs is 3. The van der Waals surface area contributed by atoms with Crippen LogP contribution in [0.2, 0.25) is 0 Å². The number of aromatic nitrogens is 5. The SMILES string of the molecule is Cc1c(F)cc(N)c(C=[NH2+])c1-c1c(C2CC2)cc2c(N3C[C@@H]4C[C@H]3CN4)n[nH]c2c1OCc1ccc(-c2cn([C@H](C(=O)N3CCC[C@H]3C(=O)N[C@@H](CO)c3ccc(-c4cccc(F)c4F)cc3)C(C)CC3CC(O)CCO3)nn2)cc1. The van der Waals surface area contributed by atoms with Gasteiger partial charge < -0.3 is 45.9 Å². The maximum Gasteiger partial charge on any atom is 0.248 e. The lowest BCUT2D eigenvalue weighted by Crippen LogP contribution is -2.50. The van der Waals surface area contributed by atoms with Crippen molar-refractivity contribution in [3.05, 3.63) is 130 Å².